The molecule has 6 nitrogen and oxygen atoms in total. The van der Waals surface area contributed by atoms with E-state index in [0.29, 0.717) is 29.1 Å². The monoisotopic (exact) mass is 344 g/mol. The molecular formula is C19H24N2O4. The lowest BCUT2D eigenvalue weighted by Gasteiger charge is -2.08. The van der Waals surface area contributed by atoms with Crippen molar-refractivity contribution in [3.63, 3.8) is 0 Å². The van der Waals surface area contributed by atoms with Crippen molar-refractivity contribution < 1.29 is 19.1 Å². The molecule has 0 radical (unpaired) electrons. The number of nitrogens with one attached hydrogen (secondary N) is 2. The van der Waals surface area contributed by atoms with Crippen LogP contribution in [0.1, 0.15) is 51.5 Å². The predicted octanol–water partition coefficient (Wildman–Crippen LogP) is 3.14. The lowest BCUT2D eigenvalue weighted by atomic mass is 10.1. The molecule has 0 atom stereocenters. The number of carbonyl (C=O) groups is 2. The van der Waals surface area contributed by atoms with E-state index in [0.717, 1.165) is 11.3 Å². The summed E-state index contributed by atoms with van der Waals surface area (Å²) in [6.07, 6.45) is -0.214. The van der Waals surface area contributed by atoms with Crippen LogP contribution in [0.4, 0.5) is 0 Å². The summed E-state index contributed by atoms with van der Waals surface area (Å²) in [6.45, 7) is 7.45. The molecule has 6 heteroatoms. The van der Waals surface area contributed by atoms with Crippen LogP contribution in [-0.2, 0) is 11.3 Å². The molecule has 1 amide bonds. The molecule has 1 aromatic heterocycles. The number of methoxy groups -OCH3 is 1. The topological polar surface area (TPSA) is 80.4 Å². The van der Waals surface area contributed by atoms with Gasteiger partial charge in [0.1, 0.15) is 11.4 Å². The highest BCUT2D eigenvalue weighted by Gasteiger charge is 2.23. The number of H-pyrrole nitrogens is 1. The first-order valence-electron chi connectivity index (χ1n) is 8.14. The van der Waals surface area contributed by atoms with E-state index in [9.17, 15) is 9.59 Å². The van der Waals surface area contributed by atoms with Crippen molar-refractivity contribution in [3.8, 4) is 5.75 Å². The SMILES string of the molecule is COc1ccc(CNC(=O)c2[nH]c(C)c(C(=O)OC(C)C)c2C)cc1. The number of aryl methyl sites for hydroxylation is 1. The largest absolute Gasteiger partial charge is 0.497 e. The molecule has 0 fully saturated rings. The number of hydrogen-bond acceptors (Lipinski definition) is 4. The van der Waals surface area contributed by atoms with Crippen molar-refractivity contribution >= 4 is 11.9 Å². The zero-order chi connectivity index (χ0) is 18.6. The van der Waals surface area contributed by atoms with Crippen LogP contribution in [0.3, 0.4) is 0 Å². The van der Waals surface area contributed by atoms with Gasteiger partial charge in [-0.1, -0.05) is 12.1 Å². The lowest BCUT2D eigenvalue weighted by Crippen LogP contribution is -2.24. The van der Waals surface area contributed by atoms with Gasteiger partial charge in [-0.05, 0) is 51.0 Å². The fourth-order valence-electron chi connectivity index (χ4n) is 2.57. The van der Waals surface area contributed by atoms with Crippen LogP contribution in [0.2, 0.25) is 0 Å². The Morgan fingerprint density at radius 3 is 2.36 bits per heavy atom. The van der Waals surface area contributed by atoms with Gasteiger partial charge in [-0.25, -0.2) is 4.79 Å². The first-order chi connectivity index (χ1) is 11.8. The second-order valence-corrected chi connectivity index (χ2v) is 6.11. The minimum atomic E-state index is -0.421. The number of carbonyl (C=O) groups excluding carboxylic acids is 2. The second kappa shape index (κ2) is 7.88. The van der Waals surface area contributed by atoms with Gasteiger partial charge in [0.25, 0.3) is 5.91 Å². The van der Waals surface area contributed by atoms with E-state index >= 15 is 0 Å². The fourth-order valence-corrected chi connectivity index (χ4v) is 2.57. The third kappa shape index (κ3) is 4.41. The van der Waals surface area contributed by atoms with Crippen LogP contribution in [0.25, 0.3) is 0 Å². The highest BCUT2D eigenvalue weighted by molar-refractivity contribution is 6.00. The van der Waals surface area contributed by atoms with Gasteiger partial charge in [-0.3, -0.25) is 4.79 Å². The molecule has 2 N–H and O–H groups in total. The summed E-state index contributed by atoms with van der Waals surface area (Å²) in [5.41, 5.74) is 2.97. The molecule has 0 spiro atoms. The number of amides is 1. The minimum Gasteiger partial charge on any atom is -0.497 e. The summed E-state index contributed by atoms with van der Waals surface area (Å²) in [5.74, 6) is 0.0784. The zero-order valence-electron chi connectivity index (χ0n) is 15.2. The Morgan fingerprint density at radius 2 is 1.80 bits per heavy atom. The maximum atomic E-state index is 12.5. The summed E-state index contributed by atoms with van der Waals surface area (Å²) in [4.78, 5) is 27.6. The van der Waals surface area contributed by atoms with Crippen molar-refractivity contribution in [2.75, 3.05) is 7.11 Å². The Morgan fingerprint density at radius 1 is 1.16 bits per heavy atom. The number of hydrogen-bond donors (Lipinski definition) is 2. The average Bonchev–Trinajstić information content (AvgIpc) is 2.87. The van der Waals surface area contributed by atoms with Crippen LogP contribution in [0.15, 0.2) is 24.3 Å². The summed E-state index contributed by atoms with van der Waals surface area (Å²) in [5, 5.41) is 2.85. The normalized spacial score (nSPS) is 10.6. The van der Waals surface area contributed by atoms with Gasteiger partial charge < -0.3 is 19.8 Å². The Bertz CT molecular complexity index is 760. The molecule has 0 saturated carbocycles. The van der Waals surface area contributed by atoms with E-state index in [1.165, 1.54) is 0 Å². The van der Waals surface area contributed by atoms with Crippen molar-refractivity contribution in [2.24, 2.45) is 0 Å². The molecule has 2 aromatic rings. The summed E-state index contributed by atoms with van der Waals surface area (Å²) >= 11 is 0. The molecular weight excluding hydrogens is 320 g/mol. The maximum Gasteiger partial charge on any atom is 0.340 e. The van der Waals surface area contributed by atoms with E-state index in [4.69, 9.17) is 9.47 Å². The molecule has 25 heavy (non-hydrogen) atoms. The maximum absolute atomic E-state index is 12.5. The molecule has 134 valence electrons. The molecule has 2 rings (SSSR count). The van der Waals surface area contributed by atoms with Gasteiger partial charge in [0.15, 0.2) is 0 Å². The highest BCUT2D eigenvalue weighted by Crippen LogP contribution is 2.20. The van der Waals surface area contributed by atoms with Crippen LogP contribution in [-0.4, -0.2) is 30.1 Å². The molecule has 0 unspecified atom stereocenters. The zero-order valence-corrected chi connectivity index (χ0v) is 15.2. The van der Waals surface area contributed by atoms with Crippen LogP contribution >= 0.6 is 0 Å². The number of rotatable bonds is 6. The summed E-state index contributed by atoms with van der Waals surface area (Å²) < 4.78 is 10.3. The van der Waals surface area contributed by atoms with E-state index in [-0.39, 0.29) is 12.0 Å². The minimum absolute atomic E-state index is 0.214. The quantitative estimate of drug-likeness (QED) is 0.789. The van der Waals surface area contributed by atoms with Gasteiger partial charge in [0, 0.05) is 12.2 Å². The number of ether oxygens (including phenoxy) is 2. The number of aromatic amines is 1. The van der Waals surface area contributed by atoms with E-state index < -0.39 is 5.97 Å². The fraction of sp³-hybridized carbons (Fsp3) is 0.368. The molecule has 0 aliphatic heterocycles. The molecule has 0 saturated heterocycles. The van der Waals surface area contributed by atoms with E-state index in [2.05, 4.69) is 10.3 Å². The lowest BCUT2D eigenvalue weighted by molar-refractivity contribution is 0.0376. The van der Waals surface area contributed by atoms with Gasteiger partial charge in [0.2, 0.25) is 0 Å². The third-order valence-corrected chi connectivity index (χ3v) is 3.82. The summed E-state index contributed by atoms with van der Waals surface area (Å²) in [7, 11) is 1.61. The number of aromatic nitrogens is 1. The van der Waals surface area contributed by atoms with Gasteiger partial charge >= 0.3 is 5.97 Å². The first kappa shape index (κ1) is 18.6. The molecule has 1 heterocycles. The molecule has 0 aliphatic rings. The molecule has 0 bridgehead atoms. The standard InChI is InChI=1S/C19H24N2O4/c1-11(2)25-19(23)16-12(3)17(21-13(16)4)18(22)20-10-14-6-8-15(24-5)9-7-14/h6-9,11,21H,10H2,1-5H3,(H,20,22). The number of benzene rings is 1. The van der Waals surface area contributed by atoms with E-state index in [1.807, 2.05) is 24.3 Å². The van der Waals surface area contributed by atoms with Crippen molar-refractivity contribution in [1.82, 2.24) is 10.3 Å². The van der Waals surface area contributed by atoms with Crippen LogP contribution < -0.4 is 10.1 Å². The van der Waals surface area contributed by atoms with Crippen molar-refractivity contribution in [2.45, 2.75) is 40.3 Å². The van der Waals surface area contributed by atoms with Crippen LogP contribution in [0, 0.1) is 13.8 Å². The van der Waals surface area contributed by atoms with Crippen molar-refractivity contribution in [1.29, 1.82) is 0 Å². The third-order valence-electron chi connectivity index (χ3n) is 3.82. The Hall–Kier alpha value is -2.76. The van der Waals surface area contributed by atoms with Crippen LogP contribution in [0.5, 0.6) is 5.75 Å². The molecule has 1 aromatic carbocycles. The Balaban J connectivity index is 2.10. The molecule has 0 aliphatic carbocycles. The van der Waals surface area contributed by atoms with Crippen molar-refractivity contribution in [3.05, 3.63) is 52.3 Å². The van der Waals surface area contributed by atoms with Gasteiger partial charge in [-0.2, -0.15) is 0 Å². The Labute approximate surface area is 147 Å². The average molecular weight is 344 g/mol. The number of esters is 1. The Kier molecular flexibility index (Phi) is 5.85. The van der Waals surface area contributed by atoms with Gasteiger partial charge in [-0.15, -0.1) is 0 Å². The highest BCUT2D eigenvalue weighted by atomic mass is 16.5. The predicted molar refractivity (Wildman–Crippen MR) is 95.0 cm³/mol. The van der Waals surface area contributed by atoms with E-state index in [1.54, 1.807) is 34.8 Å². The van der Waals surface area contributed by atoms with Gasteiger partial charge in [0.05, 0.1) is 18.8 Å². The smallest absolute Gasteiger partial charge is 0.340 e. The second-order valence-electron chi connectivity index (χ2n) is 6.11. The first-order valence-corrected chi connectivity index (χ1v) is 8.14. The summed E-state index contributed by atoms with van der Waals surface area (Å²) in [6, 6.07) is 7.45.